The van der Waals surface area contributed by atoms with Crippen molar-refractivity contribution in [3.8, 4) is 0 Å². The smallest absolute Gasteiger partial charge is 0.0794 e. The van der Waals surface area contributed by atoms with Crippen LogP contribution in [0.3, 0.4) is 0 Å². The molecule has 10 heavy (non-hydrogen) atoms. The molecule has 2 rings (SSSR count). The molecule has 0 aliphatic carbocycles. The van der Waals surface area contributed by atoms with Gasteiger partial charge < -0.3 is 4.57 Å². The van der Waals surface area contributed by atoms with Crippen molar-refractivity contribution in [1.29, 1.82) is 0 Å². The Bertz CT molecular complexity index is 281. The summed E-state index contributed by atoms with van der Waals surface area (Å²) in [7, 11) is 0. The SMILES string of the molecule is C1=Cn2cccc2CN=C1. The first-order valence-electron chi connectivity index (χ1n) is 3.29. The third-order valence-electron chi connectivity index (χ3n) is 1.56. The van der Waals surface area contributed by atoms with Crippen LogP contribution in [0.1, 0.15) is 5.69 Å². The molecule has 0 atom stereocenters. The fourth-order valence-corrected chi connectivity index (χ4v) is 1.05. The molecule has 1 aromatic heterocycles. The largest absolute Gasteiger partial charge is 0.326 e. The maximum atomic E-state index is 4.15. The first-order valence-corrected chi connectivity index (χ1v) is 3.29. The van der Waals surface area contributed by atoms with Crippen LogP contribution in [0, 0.1) is 0 Å². The molecule has 2 nitrogen and oxygen atoms in total. The molecule has 0 bridgehead atoms. The Balaban J connectivity index is 2.50. The number of rotatable bonds is 0. The van der Waals surface area contributed by atoms with Crippen molar-refractivity contribution >= 4 is 12.4 Å². The van der Waals surface area contributed by atoms with Gasteiger partial charge in [-0.15, -0.1) is 0 Å². The lowest BCUT2D eigenvalue weighted by Crippen LogP contribution is -1.88. The fraction of sp³-hybridized carbons (Fsp3) is 0.125. The predicted molar refractivity (Wildman–Crippen MR) is 42.0 cm³/mol. The van der Waals surface area contributed by atoms with E-state index in [4.69, 9.17) is 0 Å². The minimum atomic E-state index is 0.792. The van der Waals surface area contributed by atoms with Crippen LogP contribution in [0.25, 0.3) is 6.20 Å². The van der Waals surface area contributed by atoms with Gasteiger partial charge in [-0.3, -0.25) is 4.99 Å². The van der Waals surface area contributed by atoms with Crippen LogP contribution in [0.2, 0.25) is 0 Å². The number of hydrogen-bond donors (Lipinski definition) is 0. The predicted octanol–water partition coefficient (Wildman–Crippen LogP) is 1.54. The monoisotopic (exact) mass is 132 g/mol. The summed E-state index contributed by atoms with van der Waals surface area (Å²) in [4.78, 5) is 4.15. The Hall–Kier alpha value is -1.31. The maximum absolute atomic E-state index is 4.15. The molecule has 1 aliphatic heterocycles. The van der Waals surface area contributed by atoms with Crippen molar-refractivity contribution in [1.82, 2.24) is 4.57 Å². The molecule has 0 spiro atoms. The molecule has 2 heteroatoms. The van der Waals surface area contributed by atoms with E-state index in [0.29, 0.717) is 0 Å². The van der Waals surface area contributed by atoms with Gasteiger partial charge in [-0.2, -0.15) is 0 Å². The topological polar surface area (TPSA) is 17.3 Å². The van der Waals surface area contributed by atoms with Crippen molar-refractivity contribution in [2.24, 2.45) is 4.99 Å². The second kappa shape index (κ2) is 2.14. The number of allylic oxidation sites excluding steroid dienone is 1. The van der Waals surface area contributed by atoms with Crippen LogP contribution in [0.5, 0.6) is 0 Å². The Morgan fingerprint density at radius 2 is 2.50 bits per heavy atom. The average molecular weight is 132 g/mol. The van der Waals surface area contributed by atoms with Crippen LogP contribution < -0.4 is 0 Å². The average Bonchev–Trinajstić information content (AvgIpc) is 2.28. The summed E-state index contributed by atoms with van der Waals surface area (Å²) in [5.74, 6) is 0. The fourth-order valence-electron chi connectivity index (χ4n) is 1.05. The third kappa shape index (κ3) is 0.778. The summed E-state index contributed by atoms with van der Waals surface area (Å²) in [6, 6.07) is 4.10. The highest BCUT2D eigenvalue weighted by molar-refractivity contribution is 5.75. The van der Waals surface area contributed by atoms with Crippen LogP contribution in [-0.4, -0.2) is 10.8 Å². The quantitative estimate of drug-likeness (QED) is 0.509. The first-order chi connectivity index (χ1) is 4.97. The number of hydrogen-bond acceptors (Lipinski definition) is 1. The van der Waals surface area contributed by atoms with E-state index in [2.05, 4.69) is 15.6 Å². The van der Waals surface area contributed by atoms with Crippen molar-refractivity contribution in [2.75, 3.05) is 0 Å². The molecule has 0 aromatic carbocycles. The Labute approximate surface area is 59.5 Å². The van der Waals surface area contributed by atoms with Gasteiger partial charge in [0, 0.05) is 24.3 Å². The molecule has 0 saturated carbocycles. The second-order valence-corrected chi connectivity index (χ2v) is 2.24. The van der Waals surface area contributed by atoms with E-state index < -0.39 is 0 Å². The number of aromatic nitrogens is 1. The zero-order chi connectivity index (χ0) is 6.81. The number of fused-ring (bicyclic) bond motifs is 1. The summed E-state index contributed by atoms with van der Waals surface area (Å²) in [6.45, 7) is 0.792. The highest BCUT2D eigenvalue weighted by Crippen LogP contribution is 2.05. The van der Waals surface area contributed by atoms with E-state index in [1.165, 1.54) is 5.69 Å². The van der Waals surface area contributed by atoms with Crippen molar-refractivity contribution in [2.45, 2.75) is 6.54 Å². The van der Waals surface area contributed by atoms with Crippen molar-refractivity contribution in [3.63, 3.8) is 0 Å². The van der Waals surface area contributed by atoms with E-state index in [1.54, 1.807) is 0 Å². The zero-order valence-electron chi connectivity index (χ0n) is 5.57. The van der Waals surface area contributed by atoms with Crippen LogP contribution in [0.4, 0.5) is 0 Å². The van der Waals surface area contributed by atoms with E-state index in [9.17, 15) is 0 Å². The Morgan fingerprint density at radius 3 is 3.50 bits per heavy atom. The molecule has 0 radical (unpaired) electrons. The lowest BCUT2D eigenvalue weighted by molar-refractivity contribution is 0.958. The molecule has 0 saturated heterocycles. The highest BCUT2D eigenvalue weighted by Gasteiger charge is 1.96. The molecule has 0 amide bonds. The van der Waals surface area contributed by atoms with Gasteiger partial charge in [0.1, 0.15) is 0 Å². The molecule has 0 N–H and O–H groups in total. The molecule has 1 aliphatic rings. The minimum absolute atomic E-state index is 0.792. The summed E-state index contributed by atoms with van der Waals surface area (Å²) >= 11 is 0. The summed E-state index contributed by atoms with van der Waals surface area (Å²) in [5, 5.41) is 0. The van der Waals surface area contributed by atoms with Crippen LogP contribution in [0.15, 0.2) is 29.4 Å². The lowest BCUT2D eigenvalue weighted by atomic mass is 10.4. The maximum Gasteiger partial charge on any atom is 0.0794 e. The van der Waals surface area contributed by atoms with E-state index in [0.717, 1.165) is 6.54 Å². The summed E-state index contributed by atoms with van der Waals surface area (Å²) in [6.07, 6.45) is 7.80. The zero-order valence-corrected chi connectivity index (χ0v) is 5.57. The standard InChI is InChI=1S/C8H8N2/c1-3-8-7-9-4-2-6-10(8)5-1/h1-6H,7H2. The van der Waals surface area contributed by atoms with E-state index in [-0.39, 0.29) is 0 Å². The van der Waals surface area contributed by atoms with Crippen molar-refractivity contribution in [3.05, 3.63) is 30.1 Å². The Kier molecular flexibility index (Phi) is 1.17. The van der Waals surface area contributed by atoms with Gasteiger partial charge in [0.15, 0.2) is 0 Å². The van der Waals surface area contributed by atoms with Gasteiger partial charge in [-0.25, -0.2) is 0 Å². The third-order valence-corrected chi connectivity index (χ3v) is 1.56. The highest BCUT2D eigenvalue weighted by atomic mass is 15.0. The molecule has 2 heterocycles. The Morgan fingerprint density at radius 1 is 1.50 bits per heavy atom. The lowest BCUT2D eigenvalue weighted by Gasteiger charge is -1.95. The molecule has 1 aromatic rings. The normalized spacial score (nSPS) is 14.8. The minimum Gasteiger partial charge on any atom is -0.326 e. The summed E-state index contributed by atoms with van der Waals surface area (Å²) in [5.41, 5.74) is 1.24. The van der Waals surface area contributed by atoms with Gasteiger partial charge >= 0.3 is 0 Å². The van der Waals surface area contributed by atoms with Gasteiger partial charge in [0.25, 0.3) is 0 Å². The molecule has 50 valence electrons. The van der Waals surface area contributed by atoms with Crippen LogP contribution in [-0.2, 0) is 6.54 Å². The van der Waals surface area contributed by atoms with Gasteiger partial charge in [-0.05, 0) is 18.2 Å². The van der Waals surface area contributed by atoms with Gasteiger partial charge in [0.2, 0.25) is 0 Å². The molecule has 0 fully saturated rings. The van der Waals surface area contributed by atoms with Gasteiger partial charge in [-0.1, -0.05) is 0 Å². The van der Waals surface area contributed by atoms with Crippen LogP contribution >= 0.6 is 0 Å². The molecule has 0 unspecified atom stereocenters. The molecular formula is C8H8N2. The van der Waals surface area contributed by atoms with Gasteiger partial charge in [0.05, 0.1) is 6.54 Å². The van der Waals surface area contributed by atoms with Crippen molar-refractivity contribution < 1.29 is 0 Å². The first kappa shape index (κ1) is 5.47. The molecular weight excluding hydrogens is 124 g/mol. The second-order valence-electron chi connectivity index (χ2n) is 2.24. The number of aliphatic imine (C=N–C) groups is 1. The number of nitrogens with zero attached hydrogens (tertiary/aromatic N) is 2. The summed E-state index contributed by atoms with van der Waals surface area (Å²) < 4.78 is 2.08. The van der Waals surface area contributed by atoms with E-state index >= 15 is 0 Å². The van der Waals surface area contributed by atoms with E-state index in [1.807, 2.05) is 30.8 Å².